The second kappa shape index (κ2) is 8.16. The molecule has 0 spiro atoms. The first-order valence-corrected chi connectivity index (χ1v) is 13.4. The number of pyridine rings is 1. The highest BCUT2D eigenvalue weighted by molar-refractivity contribution is 7.16. The largest absolute Gasteiger partial charge is 0.308 e. The van der Waals surface area contributed by atoms with Crippen molar-refractivity contribution in [1.82, 2.24) is 4.98 Å². The number of aromatic nitrogens is 1. The standard InChI is InChI=1S/C34H26N2S/c1-4-26-20-30-33(37-26)28-17-16-24(19-29(28)34(30,2)3)36(25-18-23-11-6-8-14-31(23)35-21-25)32-15-9-12-22-10-5-7-13-27(22)32/h4-21H,1H2,2-3H3. The molecule has 0 unspecified atom stereocenters. The molecule has 0 saturated heterocycles. The molecule has 2 aromatic heterocycles. The lowest BCUT2D eigenvalue weighted by atomic mass is 9.82. The SMILES string of the molecule is C=Cc1cc2c(s1)-c1ccc(N(c3cnc4ccccc4c3)c3cccc4ccccc34)cc1C2(C)C. The van der Waals surface area contributed by atoms with Gasteiger partial charge in [-0.25, -0.2) is 0 Å². The highest BCUT2D eigenvalue weighted by Gasteiger charge is 2.37. The van der Waals surface area contributed by atoms with Gasteiger partial charge in [-0.3, -0.25) is 4.98 Å². The molecule has 6 aromatic rings. The fraction of sp³-hybridized carbons (Fsp3) is 0.0882. The normalized spacial score (nSPS) is 13.5. The van der Waals surface area contributed by atoms with Crippen LogP contribution in [0.15, 0.2) is 110 Å². The second-order valence-electron chi connectivity index (χ2n) is 10.2. The third-order valence-corrected chi connectivity index (χ3v) is 8.81. The summed E-state index contributed by atoms with van der Waals surface area (Å²) in [5, 5.41) is 3.57. The first-order chi connectivity index (χ1) is 18.0. The van der Waals surface area contributed by atoms with Gasteiger partial charge < -0.3 is 4.90 Å². The van der Waals surface area contributed by atoms with Gasteiger partial charge in [0.05, 0.1) is 23.1 Å². The van der Waals surface area contributed by atoms with E-state index in [1.807, 2.05) is 29.7 Å². The van der Waals surface area contributed by atoms with Crippen LogP contribution in [0, 0.1) is 0 Å². The molecule has 0 saturated carbocycles. The lowest BCUT2D eigenvalue weighted by molar-refractivity contribution is 0.662. The van der Waals surface area contributed by atoms with E-state index in [-0.39, 0.29) is 5.41 Å². The zero-order valence-electron chi connectivity index (χ0n) is 20.9. The lowest BCUT2D eigenvalue weighted by Gasteiger charge is -2.29. The van der Waals surface area contributed by atoms with Crippen molar-refractivity contribution in [2.24, 2.45) is 0 Å². The van der Waals surface area contributed by atoms with Gasteiger partial charge in [-0.2, -0.15) is 0 Å². The van der Waals surface area contributed by atoms with Crippen molar-refractivity contribution in [2.75, 3.05) is 4.90 Å². The molecule has 7 rings (SSSR count). The van der Waals surface area contributed by atoms with Gasteiger partial charge in [-0.1, -0.05) is 87.2 Å². The van der Waals surface area contributed by atoms with E-state index in [0.717, 1.165) is 28.0 Å². The first kappa shape index (κ1) is 22.0. The third-order valence-electron chi connectivity index (χ3n) is 7.65. The molecule has 2 heterocycles. The minimum absolute atomic E-state index is 0.0789. The molecule has 4 aromatic carbocycles. The molecule has 0 amide bonds. The predicted octanol–water partition coefficient (Wildman–Crippen LogP) is 9.87. The van der Waals surface area contributed by atoms with Gasteiger partial charge in [0, 0.05) is 31.6 Å². The van der Waals surface area contributed by atoms with Crippen molar-refractivity contribution < 1.29 is 0 Å². The first-order valence-electron chi connectivity index (χ1n) is 12.6. The molecular weight excluding hydrogens is 468 g/mol. The summed E-state index contributed by atoms with van der Waals surface area (Å²) in [5.41, 5.74) is 8.34. The minimum atomic E-state index is -0.0789. The molecule has 1 aliphatic rings. The summed E-state index contributed by atoms with van der Waals surface area (Å²) in [7, 11) is 0. The highest BCUT2D eigenvalue weighted by Crippen LogP contribution is 2.54. The molecule has 0 radical (unpaired) electrons. The second-order valence-corrected chi connectivity index (χ2v) is 11.3. The fourth-order valence-corrected chi connectivity index (χ4v) is 6.93. The Morgan fingerprint density at radius 2 is 1.57 bits per heavy atom. The minimum Gasteiger partial charge on any atom is -0.308 e. The topological polar surface area (TPSA) is 16.1 Å². The van der Waals surface area contributed by atoms with E-state index < -0.39 is 0 Å². The Kier molecular flexibility index (Phi) is 4.85. The Bertz CT molecular complexity index is 1840. The number of nitrogens with zero attached hydrogens (tertiary/aromatic N) is 2. The Morgan fingerprint density at radius 3 is 2.43 bits per heavy atom. The van der Waals surface area contributed by atoms with E-state index in [2.05, 4.69) is 116 Å². The molecule has 178 valence electrons. The molecule has 0 fully saturated rings. The van der Waals surface area contributed by atoms with Gasteiger partial charge in [0.2, 0.25) is 0 Å². The maximum atomic E-state index is 4.83. The van der Waals surface area contributed by atoms with Crippen LogP contribution in [0.5, 0.6) is 0 Å². The molecule has 2 nitrogen and oxygen atoms in total. The molecule has 0 aliphatic heterocycles. The average Bonchev–Trinajstić information content (AvgIpc) is 3.46. The highest BCUT2D eigenvalue weighted by atomic mass is 32.1. The number of thiophene rings is 1. The van der Waals surface area contributed by atoms with Gasteiger partial charge in [-0.15, -0.1) is 11.3 Å². The van der Waals surface area contributed by atoms with Gasteiger partial charge in [-0.05, 0) is 58.5 Å². The molecule has 0 N–H and O–H groups in total. The Balaban J connectivity index is 1.47. The van der Waals surface area contributed by atoms with Crippen LogP contribution >= 0.6 is 11.3 Å². The van der Waals surface area contributed by atoms with Gasteiger partial charge >= 0.3 is 0 Å². The molecule has 1 aliphatic carbocycles. The number of benzene rings is 4. The van der Waals surface area contributed by atoms with E-state index in [0.29, 0.717) is 0 Å². The molecule has 0 atom stereocenters. The fourth-order valence-electron chi connectivity index (χ4n) is 5.72. The van der Waals surface area contributed by atoms with E-state index >= 15 is 0 Å². The summed E-state index contributed by atoms with van der Waals surface area (Å²) in [5.74, 6) is 0. The van der Waals surface area contributed by atoms with E-state index in [1.54, 1.807) is 0 Å². The summed E-state index contributed by atoms with van der Waals surface area (Å²) in [6.45, 7) is 8.66. The molecule has 37 heavy (non-hydrogen) atoms. The predicted molar refractivity (Wildman–Crippen MR) is 159 cm³/mol. The van der Waals surface area contributed by atoms with Crippen molar-refractivity contribution in [3.8, 4) is 10.4 Å². The van der Waals surface area contributed by atoms with Crippen LogP contribution in [0.1, 0.15) is 29.9 Å². The monoisotopic (exact) mass is 494 g/mol. The van der Waals surface area contributed by atoms with Crippen molar-refractivity contribution in [1.29, 1.82) is 0 Å². The summed E-state index contributed by atoms with van der Waals surface area (Å²) < 4.78 is 0. The number of anilines is 3. The van der Waals surface area contributed by atoms with Crippen LogP contribution in [-0.2, 0) is 5.41 Å². The number of hydrogen-bond acceptors (Lipinski definition) is 3. The zero-order chi connectivity index (χ0) is 25.1. The van der Waals surface area contributed by atoms with E-state index in [9.17, 15) is 0 Å². The Morgan fingerprint density at radius 1 is 0.784 bits per heavy atom. The summed E-state index contributed by atoms with van der Waals surface area (Å²) in [4.78, 5) is 9.78. The van der Waals surface area contributed by atoms with Crippen molar-refractivity contribution in [3.05, 3.63) is 126 Å². The third kappa shape index (κ3) is 3.35. The van der Waals surface area contributed by atoms with Crippen molar-refractivity contribution in [3.63, 3.8) is 0 Å². The number of fused-ring (bicyclic) bond motifs is 5. The van der Waals surface area contributed by atoms with E-state index in [4.69, 9.17) is 4.98 Å². The van der Waals surface area contributed by atoms with Gasteiger partial charge in [0.1, 0.15) is 0 Å². The van der Waals surface area contributed by atoms with Crippen LogP contribution in [0.3, 0.4) is 0 Å². The maximum absolute atomic E-state index is 4.83. The Labute approximate surface area is 221 Å². The summed E-state index contributed by atoms with van der Waals surface area (Å²) in [6.07, 6.45) is 3.96. The summed E-state index contributed by atoms with van der Waals surface area (Å²) >= 11 is 1.84. The van der Waals surface area contributed by atoms with Crippen LogP contribution < -0.4 is 4.90 Å². The Hall–Kier alpha value is -4.21. The summed E-state index contributed by atoms with van der Waals surface area (Å²) in [6, 6.07) is 34.9. The number of para-hydroxylation sites is 1. The molecule has 3 heteroatoms. The van der Waals surface area contributed by atoms with Crippen molar-refractivity contribution >= 4 is 56.2 Å². The molecule has 0 bridgehead atoms. The van der Waals surface area contributed by atoms with Crippen molar-refractivity contribution in [2.45, 2.75) is 19.3 Å². The van der Waals surface area contributed by atoms with Crippen LogP contribution in [0.2, 0.25) is 0 Å². The molecular formula is C34H26N2S. The number of rotatable bonds is 4. The zero-order valence-corrected chi connectivity index (χ0v) is 21.7. The van der Waals surface area contributed by atoms with Crippen LogP contribution in [0.25, 0.3) is 38.2 Å². The average molecular weight is 495 g/mol. The van der Waals surface area contributed by atoms with Gasteiger partial charge in [0.25, 0.3) is 0 Å². The van der Waals surface area contributed by atoms with Crippen LogP contribution in [0.4, 0.5) is 17.1 Å². The van der Waals surface area contributed by atoms with Crippen LogP contribution in [-0.4, -0.2) is 4.98 Å². The van der Waals surface area contributed by atoms with E-state index in [1.165, 1.54) is 37.2 Å². The smallest absolute Gasteiger partial charge is 0.0703 e. The maximum Gasteiger partial charge on any atom is 0.0703 e. The van der Waals surface area contributed by atoms with Gasteiger partial charge in [0.15, 0.2) is 0 Å². The lowest BCUT2D eigenvalue weighted by Crippen LogP contribution is -2.16. The number of hydrogen-bond donors (Lipinski definition) is 0. The quantitative estimate of drug-likeness (QED) is 0.242.